The van der Waals surface area contributed by atoms with Gasteiger partial charge in [0.25, 0.3) is 5.91 Å². The fraction of sp³-hybridized carbons (Fsp3) is 0.600. The Morgan fingerprint density at radius 3 is 2.32 bits per heavy atom. The summed E-state index contributed by atoms with van der Waals surface area (Å²) in [5.74, 6) is 0.275. The van der Waals surface area contributed by atoms with Crippen LogP contribution in [0.1, 0.15) is 43.5 Å². The van der Waals surface area contributed by atoms with E-state index in [0.717, 1.165) is 12.8 Å². The molecule has 1 saturated carbocycles. The summed E-state index contributed by atoms with van der Waals surface area (Å²) >= 11 is 0. The minimum Gasteiger partial charge on any atom is -0.493 e. The van der Waals surface area contributed by atoms with Gasteiger partial charge in [-0.05, 0) is 49.4 Å². The SMILES string of the molecule is CC(C)COc1ccc(C(=O)OCC(=O)N(C2CC2)[C@H]2CCS(=O)(=O)C2)cc1. The van der Waals surface area contributed by atoms with Crippen LogP contribution < -0.4 is 4.74 Å². The van der Waals surface area contributed by atoms with Gasteiger partial charge in [-0.1, -0.05) is 13.8 Å². The van der Waals surface area contributed by atoms with Crippen LogP contribution in [0, 0.1) is 5.92 Å². The van der Waals surface area contributed by atoms with Crippen LogP contribution in [0.5, 0.6) is 5.75 Å². The molecule has 2 fully saturated rings. The molecular weight excluding hydrogens is 382 g/mol. The van der Waals surface area contributed by atoms with Crippen molar-refractivity contribution >= 4 is 21.7 Å². The van der Waals surface area contributed by atoms with Crippen molar-refractivity contribution in [1.29, 1.82) is 0 Å². The first-order valence-corrected chi connectivity index (χ1v) is 11.5. The molecule has 1 aliphatic heterocycles. The van der Waals surface area contributed by atoms with E-state index in [-0.39, 0.29) is 36.1 Å². The lowest BCUT2D eigenvalue weighted by Gasteiger charge is -2.28. The molecule has 0 N–H and O–H groups in total. The van der Waals surface area contributed by atoms with Crippen molar-refractivity contribution in [3.05, 3.63) is 29.8 Å². The molecule has 3 rings (SSSR count). The van der Waals surface area contributed by atoms with Crippen LogP contribution >= 0.6 is 0 Å². The van der Waals surface area contributed by atoms with Crippen LogP contribution in [-0.4, -0.2) is 62.0 Å². The predicted molar refractivity (Wildman–Crippen MR) is 104 cm³/mol. The van der Waals surface area contributed by atoms with Gasteiger partial charge in [0.15, 0.2) is 16.4 Å². The van der Waals surface area contributed by atoms with Gasteiger partial charge < -0.3 is 14.4 Å². The smallest absolute Gasteiger partial charge is 0.338 e. The van der Waals surface area contributed by atoms with Gasteiger partial charge in [0.05, 0.1) is 23.7 Å². The van der Waals surface area contributed by atoms with E-state index < -0.39 is 15.8 Å². The van der Waals surface area contributed by atoms with Crippen LogP contribution in [-0.2, 0) is 19.4 Å². The molecule has 2 aliphatic rings. The van der Waals surface area contributed by atoms with Gasteiger partial charge in [-0.25, -0.2) is 13.2 Å². The molecule has 28 heavy (non-hydrogen) atoms. The van der Waals surface area contributed by atoms with Crippen molar-refractivity contribution < 1.29 is 27.5 Å². The van der Waals surface area contributed by atoms with Crippen molar-refractivity contribution in [2.24, 2.45) is 5.92 Å². The Morgan fingerprint density at radius 2 is 1.79 bits per heavy atom. The zero-order valence-electron chi connectivity index (χ0n) is 16.3. The number of benzene rings is 1. The summed E-state index contributed by atoms with van der Waals surface area (Å²) in [6, 6.07) is 6.36. The number of sulfone groups is 1. The number of carbonyl (C=O) groups excluding carboxylic acids is 2. The highest BCUT2D eigenvalue weighted by atomic mass is 32.2. The lowest BCUT2D eigenvalue weighted by molar-refractivity contribution is -0.137. The molecule has 0 spiro atoms. The largest absolute Gasteiger partial charge is 0.493 e. The molecule has 1 aliphatic carbocycles. The molecule has 1 aromatic rings. The minimum atomic E-state index is -3.08. The summed E-state index contributed by atoms with van der Waals surface area (Å²) in [4.78, 5) is 26.5. The molecule has 1 atom stereocenters. The Bertz CT molecular complexity index is 814. The summed E-state index contributed by atoms with van der Waals surface area (Å²) < 4.78 is 34.2. The van der Waals surface area contributed by atoms with E-state index in [9.17, 15) is 18.0 Å². The molecule has 8 heteroatoms. The molecule has 1 amide bonds. The lowest BCUT2D eigenvalue weighted by Crippen LogP contribution is -2.44. The Labute approximate surface area is 165 Å². The number of carbonyl (C=O) groups is 2. The Morgan fingerprint density at radius 1 is 1.11 bits per heavy atom. The second kappa shape index (κ2) is 8.51. The van der Waals surface area contributed by atoms with Crippen molar-refractivity contribution in [2.75, 3.05) is 24.7 Å². The van der Waals surface area contributed by atoms with Crippen LogP contribution in [0.15, 0.2) is 24.3 Å². The minimum absolute atomic E-state index is 0.00102. The second-order valence-electron chi connectivity index (χ2n) is 7.89. The van der Waals surface area contributed by atoms with Gasteiger partial charge in [0, 0.05) is 12.1 Å². The summed E-state index contributed by atoms with van der Waals surface area (Å²) in [6.45, 7) is 4.31. The van der Waals surface area contributed by atoms with E-state index in [1.165, 1.54) is 0 Å². The summed E-state index contributed by atoms with van der Waals surface area (Å²) in [5, 5.41) is 0. The molecule has 1 aromatic carbocycles. The fourth-order valence-corrected chi connectivity index (χ4v) is 5.00. The molecule has 1 heterocycles. The van der Waals surface area contributed by atoms with E-state index in [2.05, 4.69) is 13.8 Å². The van der Waals surface area contributed by atoms with Gasteiger partial charge >= 0.3 is 5.97 Å². The van der Waals surface area contributed by atoms with Crippen molar-refractivity contribution in [2.45, 2.75) is 45.2 Å². The molecule has 0 radical (unpaired) electrons. The first-order chi connectivity index (χ1) is 13.2. The Hall–Kier alpha value is -2.09. The van der Waals surface area contributed by atoms with Gasteiger partial charge in [-0.15, -0.1) is 0 Å². The van der Waals surface area contributed by atoms with Crippen LogP contribution in [0.3, 0.4) is 0 Å². The standard InChI is InChI=1S/C20H27NO6S/c1-14(2)11-26-18-7-3-15(4-8-18)20(23)27-12-19(22)21(16-5-6-16)17-9-10-28(24,25)13-17/h3-4,7-8,14,16-17H,5-6,9-13H2,1-2H3/t17-/m0/s1. The summed E-state index contributed by atoms with van der Waals surface area (Å²) in [6.07, 6.45) is 2.19. The van der Waals surface area contributed by atoms with Crippen LogP contribution in [0.25, 0.3) is 0 Å². The number of hydrogen-bond acceptors (Lipinski definition) is 6. The highest BCUT2D eigenvalue weighted by Crippen LogP contribution is 2.32. The molecule has 1 saturated heterocycles. The number of rotatable bonds is 8. The first kappa shape index (κ1) is 20.6. The lowest BCUT2D eigenvalue weighted by atomic mass is 10.2. The third-order valence-corrected chi connectivity index (χ3v) is 6.58. The number of nitrogens with zero attached hydrogens (tertiary/aromatic N) is 1. The maximum absolute atomic E-state index is 12.6. The molecule has 0 bridgehead atoms. The van der Waals surface area contributed by atoms with Gasteiger partial charge in [-0.3, -0.25) is 4.79 Å². The third-order valence-electron chi connectivity index (χ3n) is 4.83. The molecule has 0 aromatic heterocycles. The average Bonchev–Trinajstić information content (AvgIpc) is 3.41. The number of ether oxygens (including phenoxy) is 2. The first-order valence-electron chi connectivity index (χ1n) is 9.67. The van der Waals surface area contributed by atoms with Gasteiger partial charge in [0.2, 0.25) is 0 Å². The number of amides is 1. The zero-order valence-corrected chi connectivity index (χ0v) is 17.1. The fourth-order valence-electron chi connectivity index (χ4n) is 3.29. The monoisotopic (exact) mass is 409 g/mol. The second-order valence-corrected chi connectivity index (χ2v) is 10.1. The van der Waals surface area contributed by atoms with Gasteiger partial charge in [-0.2, -0.15) is 0 Å². The van der Waals surface area contributed by atoms with Crippen molar-refractivity contribution in [3.63, 3.8) is 0 Å². The maximum atomic E-state index is 12.6. The quantitative estimate of drug-likeness (QED) is 0.611. The van der Waals surface area contributed by atoms with Crippen LogP contribution in [0.2, 0.25) is 0 Å². The van der Waals surface area contributed by atoms with E-state index in [0.29, 0.717) is 30.3 Å². The Balaban J connectivity index is 1.53. The number of esters is 1. The van der Waals surface area contributed by atoms with Crippen LogP contribution in [0.4, 0.5) is 0 Å². The topological polar surface area (TPSA) is 90.0 Å². The highest BCUT2D eigenvalue weighted by Gasteiger charge is 2.42. The average molecular weight is 410 g/mol. The summed E-state index contributed by atoms with van der Waals surface area (Å²) in [7, 11) is -3.08. The van der Waals surface area contributed by atoms with E-state index >= 15 is 0 Å². The maximum Gasteiger partial charge on any atom is 0.338 e. The third kappa shape index (κ3) is 5.47. The Kier molecular flexibility index (Phi) is 6.27. The van der Waals surface area contributed by atoms with E-state index in [1.54, 1.807) is 29.2 Å². The molecule has 154 valence electrons. The van der Waals surface area contributed by atoms with Gasteiger partial charge in [0.1, 0.15) is 5.75 Å². The highest BCUT2D eigenvalue weighted by molar-refractivity contribution is 7.91. The molecule has 0 unspecified atom stereocenters. The van der Waals surface area contributed by atoms with E-state index in [1.807, 2.05) is 0 Å². The molecule has 7 nitrogen and oxygen atoms in total. The van der Waals surface area contributed by atoms with Crippen molar-refractivity contribution in [1.82, 2.24) is 4.90 Å². The predicted octanol–water partition coefficient (Wildman–Crippen LogP) is 2.06. The molecular formula is C20H27NO6S. The van der Waals surface area contributed by atoms with Crippen molar-refractivity contribution in [3.8, 4) is 5.75 Å². The zero-order chi connectivity index (χ0) is 20.3. The summed E-state index contributed by atoms with van der Waals surface area (Å²) in [5.41, 5.74) is 0.339. The van der Waals surface area contributed by atoms with E-state index in [4.69, 9.17) is 9.47 Å². The number of hydrogen-bond donors (Lipinski definition) is 0. The normalized spacial score (nSPS) is 20.8.